The molecule has 2 heterocycles. The molecule has 90 valence electrons. The molecule has 0 aliphatic carbocycles. The topological polar surface area (TPSA) is 47.0 Å². The van der Waals surface area contributed by atoms with Crippen LogP contribution in [0, 0.1) is 6.92 Å². The van der Waals surface area contributed by atoms with E-state index < -0.39 is 0 Å². The number of methoxy groups -OCH3 is 1. The molecule has 2 aromatic heterocycles. The Balaban J connectivity index is 2.04. The molecule has 0 spiro atoms. The Kier molecular flexibility index (Phi) is 3.58. The zero-order valence-corrected chi connectivity index (χ0v) is 10.9. The lowest BCUT2D eigenvalue weighted by molar-refractivity contribution is 0.411. The number of aromatic nitrogens is 2. The SMILES string of the molecule is COc1cnc(NC(C)c2ccc(C)s2)nc1. The summed E-state index contributed by atoms with van der Waals surface area (Å²) in [5.74, 6) is 1.28. The summed E-state index contributed by atoms with van der Waals surface area (Å²) in [5.41, 5.74) is 0. The average Bonchev–Trinajstić information content (AvgIpc) is 2.77. The van der Waals surface area contributed by atoms with Gasteiger partial charge in [0.1, 0.15) is 0 Å². The van der Waals surface area contributed by atoms with E-state index in [1.807, 2.05) is 0 Å². The lowest BCUT2D eigenvalue weighted by Gasteiger charge is -2.11. The number of aryl methyl sites for hydroxylation is 1. The highest BCUT2D eigenvalue weighted by atomic mass is 32.1. The summed E-state index contributed by atoms with van der Waals surface area (Å²) in [7, 11) is 1.60. The van der Waals surface area contributed by atoms with Crippen LogP contribution in [0.1, 0.15) is 22.7 Å². The van der Waals surface area contributed by atoms with Crippen LogP contribution in [0.5, 0.6) is 5.75 Å². The van der Waals surface area contributed by atoms with E-state index in [4.69, 9.17) is 4.74 Å². The van der Waals surface area contributed by atoms with E-state index in [9.17, 15) is 0 Å². The minimum atomic E-state index is 0.210. The van der Waals surface area contributed by atoms with Crippen molar-refractivity contribution in [1.29, 1.82) is 0 Å². The molecular formula is C12H15N3OS. The van der Waals surface area contributed by atoms with E-state index in [0.29, 0.717) is 11.7 Å². The minimum absolute atomic E-state index is 0.210. The van der Waals surface area contributed by atoms with Crippen molar-refractivity contribution in [1.82, 2.24) is 9.97 Å². The van der Waals surface area contributed by atoms with Gasteiger partial charge in [-0.3, -0.25) is 0 Å². The molecule has 0 fully saturated rings. The zero-order chi connectivity index (χ0) is 12.3. The van der Waals surface area contributed by atoms with Gasteiger partial charge in [0.2, 0.25) is 5.95 Å². The first-order valence-electron chi connectivity index (χ1n) is 5.38. The van der Waals surface area contributed by atoms with Gasteiger partial charge in [-0.25, -0.2) is 9.97 Å². The standard InChI is InChI=1S/C12H15N3OS/c1-8-4-5-11(17-8)9(2)15-12-13-6-10(16-3)7-14-12/h4-7,9H,1-3H3,(H,13,14,15). The Morgan fingerprint density at radius 2 is 2.00 bits per heavy atom. The highest BCUT2D eigenvalue weighted by Crippen LogP contribution is 2.24. The largest absolute Gasteiger partial charge is 0.494 e. The first-order chi connectivity index (χ1) is 8.19. The average molecular weight is 249 g/mol. The minimum Gasteiger partial charge on any atom is -0.494 e. The number of anilines is 1. The summed E-state index contributed by atoms with van der Waals surface area (Å²) in [6, 6.07) is 4.45. The van der Waals surface area contributed by atoms with Crippen molar-refractivity contribution < 1.29 is 4.74 Å². The van der Waals surface area contributed by atoms with Crippen LogP contribution in [0.4, 0.5) is 5.95 Å². The number of hydrogen-bond acceptors (Lipinski definition) is 5. The molecule has 0 amide bonds. The van der Waals surface area contributed by atoms with Gasteiger partial charge in [-0.15, -0.1) is 11.3 Å². The van der Waals surface area contributed by atoms with Gasteiger partial charge < -0.3 is 10.1 Å². The molecule has 0 saturated heterocycles. The molecule has 4 nitrogen and oxygen atoms in total. The van der Waals surface area contributed by atoms with Crippen molar-refractivity contribution in [2.45, 2.75) is 19.9 Å². The van der Waals surface area contributed by atoms with E-state index in [2.05, 4.69) is 41.3 Å². The summed E-state index contributed by atoms with van der Waals surface area (Å²) in [5, 5.41) is 3.26. The molecule has 17 heavy (non-hydrogen) atoms. The van der Waals surface area contributed by atoms with E-state index in [0.717, 1.165) is 0 Å². The normalized spacial score (nSPS) is 12.2. The fourth-order valence-electron chi connectivity index (χ4n) is 1.45. The van der Waals surface area contributed by atoms with Gasteiger partial charge in [0.25, 0.3) is 0 Å². The summed E-state index contributed by atoms with van der Waals surface area (Å²) in [4.78, 5) is 10.9. The van der Waals surface area contributed by atoms with Gasteiger partial charge in [-0.2, -0.15) is 0 Å². The lowest BCUT2D eigenvalue weighted by Crippen LogP contribution is -2.07. The number of nitrogens with one attached hydrogen (secondary N) is 1. The van der Waals surface area contributed by atoms with Crippen LogP contribution in [-0.4, -0.2) is 17.1 Å². The molecule has 2 rings (SSSR count). The molecular weight excluding hydrogens is 234 g/mol. The van der Waals surface area contributed by atoms with Crippen LogP contribution in [0.3, 0.4) is 0 Å². The van der Waals surface area contributed by atoms with Gasteiger partial charge in [0.15, 0.2) is 5.75 Å². The first-order valence-corrected chi connectivity index (χ1v) is 6.19. The third-order valence-electron chi connectivity index (χ3n) is 2.40. The zero-order valence-electron chi connectivity index (χ0n) is 10.1. The van der Waals surface area contributed by atoms with Gasteiger partial charge in [0, 0.05) is 9.75 Å². The number of hydrogen-bond donors (Lipinski definition) is 1. The maximum atomic E-state index is 5.01. The highest BCUT2D eigenvalue weighted by Gasteiger charge is 2.08. The maximum Gasteiger partial charge on any atom is 0.223 e. The third-order valence-corrected chi connectivity index (χ3v) is 3.58. The maximum absolute atomic E-state index is 5.01. The molecule has 1 N–H and O–H groups in total. The molecule has 0 saturated carbocycles. The van der Waals surface area contributed by atoms with Gasteiger partial charge >= 0.3 is 0 Å². The van der Waals surface area contributed by atoms with E-state index in [1.54, 1.807) is 30.8 Å². The molecule has 1 atom stereocenters. The van der Waals surface area contributed by atoms with Crippen molar-refractivity contribution in [3.8, 4) is 5.75 Å². The molecule has 1 unspecified atom stereocenters. The van der Waals surface area contributed by atoms with Crippen molar-refractivity contribution in [3.05, 3.63) is 34.3 Å². The summed E-state index contributed by atoms with van der Waals surface area (Å²) < 4.78 is 5.01. The Labute approximate surface area is 105 Å². The number of rotatable bonds is 4. The fraction of sp³-hybridized carbons (Fsp3) is 0.333. The predicted octanol–water partition coefficient (Wildman–Crippen LogP) is 3.03. The monoisotopic (exact) mass is 249 g/mol. The van der Waals surface area contributed by atoms with E-state index in [1.165, 1.54) is 9.75 Å². The van der Waals surface area contributed by atoms with Crippen molar-refractivity contribution in [2.75, 3.05) is 12.4 Å². The number of ether oxygens (including phenoxy) is 1. The van der Waals surface area contributed by atoms with Crippen LogP contribution < -0.4 is 10.1 Å². The molecule has 5 heteroatoms. The molecule has 0 aliphatic heterocycles. The van der Waals surface area contributed by atoms with Crippen LogP contribution in [-0.2, 0) is 0 Å². The molecule has 0 radical (unpaired) electrons. The fourth-order valence-corrected chi connectivity index (χ4v) is 2.33. The molecule has 0 aliphatic rings. The third kappa shape index (κ3) is 2.94. The van der Waals surface area contributed by atoms with Crippen LogP contribution in [0.15, 0.2) is 24.5 Å². The summed E-state index contributed by atoms with van der Waals surface area (Å²) in [6.45, 7) is 4.20. The molecule has 2 aromatic rings. The Bertz CT molecular complexity index is 481. The summed E-state index contributed by atoms with van der Waals surface area (Å²) in [6.07, 6.45) is 3.31. The van der Waals surface area contributed by atoms with Crippen LogP contribution in [0.2, 0.25) is 0 Å². The second kappa shape index (κ2) is 5.14. The molecule has 0 aromatic carbocycles. The smallest absolute Gasteiger partial charge is 0.223 e. The van der Waals surface area contributed by atoms with Crippen molar-refractivity contribution >= 4 is 17.3 Å². The van der Waals surface area contributed by atoms with E-state index >= 15 is 0 Å². The second-order valence-electron chi connectivity index (χ2n) is 3.76. The Hall–Kier alpha value is -1.62. The van der Waals surface area contributed by atoms with Crippen LogP contribution in [0.25, 0.3) is 0 Å². The lowest BCUT2D eigenvalue weighted by atomic mass is 10.3. The van der Waals surface area contributed by atoms with Gasteiger partial charge in [0.05, 0.1) is 25.5 Å². The first kappa shape index (κ1) is 11.9. The van der Waals surface area contributed by atoms with Crippen molar-refractivity contribution in [2.24, 2.45) is 0 Å². The molecule has 0 bridgehead atoms. The second-order valence-corrected chi connectivity index (χ2v) is 5.08. The van der Waals surface area contributed by atoms with Gasteiger partial charge in [-0.05, 0) is 26.0 Å². The van der Waals surface area contributed by atoms with Gasteiger partial charge in [-0.1, -0.05) is 0 Å². The number of thiophene rings is 1. The van der Waals surface area contributed by atoms with Crippen molar-refractivity contribution in [3.63, 3.8) is 0 Å². The Morgan fingerprint density at radius 3 is 2.53 bits per heavy atom. The van der Waals surface area contributed by atoms with Crippen LogP contribution >= 0.6 is 11.3 Å². The quantitative estimate of drug-likeness (QED) is 0.904. The predicted molar refractivity (Wildman–Crippen MR) is 69.7 cm³/mol. The van der Waals surface area contributed by atoms with E-state index in [-0.39, 0.29) is 6.04 Å². The number of nitrogens with zero attached hydrogens (tertiary/aromatic N) is 2. The summed E-state index contributed by atoms with van der Waals surface area (Å²) >= 11 is 1.78. The Morgan fingerprint density at radius 1 is 1.29 bits per heavy atom. The highest BCUT2D eigenvalue weighted by molar-refractivity contribution is 7.12.